The van der Waals surface area contributed by atoms with Crippen molar-refractivity contribution in [1.29, 1.82) is 0 Å². The topological polar surface area (TPSA) is 44.5 Å². The van der Waals surface area contributed by atoms with Crippen LogP contribution in [0.15, 0.2) is 12.1 Å². The van der Waals surface area contributed by atoms with Gasteiger partial charge in [-0.05, 0) is 29.2 Å². The quantitative estimate of drug-likeness (QED) is 0.781. The minimum absolute atomic E-state index is 0.320. The van der Waals surface area contributed by atoms with E-state index in [2.05, 4.69) is 13.8 Å². The summed E-state index contributed by atoms with van der Waals surface area (Å²) in [6.45, 7) is 5.17. The van der Waals surface area contributed by atoms with Crippen LogP contribution in [0.4, 0.5) is 0 Å². The highest BCUT2D eigenvalue weighted by molar-refractivity contribution is 5.49. The summed E-state index contributed by atoms with van der Waals surface area (Å²) in [5, 5.41) is 0. The van der Waals surface area contributed by atoms with Crippen LogP contribution in [0.25, 0.3) is 0 Å². The van der Waals surface area contributed by atoms with E-state index in [4.69, 9.17) is 15.2 Å². The summed E-state index contributed by atoms with van der Waals surface area (Å²) < 4.78 is 10.6. The third-order valence-corrected chi connectivity index (χ3v) is 2.48. The Bertz CT molecular complexity index is 347. The molecule has 2 rings (SSSR count). The molecule has 0 spiro atoms. The van der Waals surface area contributed by atoms with Crippen LogP contribution in [0.1, 0.15) is 30.9 Å². The molecular formula is C11H15NO2. The predicted octanol–water partition coefficient (Wildman–Crippen LogP) is 2.00. The fourth-order valence-corrected chi connectivity index (χ4v) is 1.71. The zero-order valence-corrected chi connectivity index (χ0v) is 8.54. The molecule has 2 N–H and O–H groups in total. The van der Waals surface area contributed by atoms with E-state index in [0.717, 1.165) is 17.1 Å². The molecule has 0 amide bonds. The normalized spacial score (nSPS) is 13.7. The first-order chi connectivity index (χ1) is 6.72. The summed E-state index contributed by atoms with van der Waals surface area (Å²) in [6.07, 6.45) is 0. The first-order valence-corrected chi connectivity index (χ1v) is 4.85. The third-order valence-electron chi connectivity index (χ3n) is 2.48. The van der Waals surface area contributed by atoms with Crippen molar-refractivity contribution in [3.63, 3.8) is 0 Å². The lowest BCUT2D eigenvalue weighted by Gasteiger charge is -2.12. The number of fused-ring (bicyclic) bond motifs is 1. The van der Waals surface area contributed by atoms with Crippen molar-refractivity contribution in [3.05, 3.63) is 23.3 Å². The second-order valence-corrected chi connectivity index (χ2v) is 3.76. The third kappa shape index (κ3) is 1.44. The fraction of sp³-hybridized carbons (Fsp3) is 0.455. The van der Waals surface area contributed by atoms with E-state index in [-0.39, 0.29) is 0 Å². The van der Waals surface area contributed by atoms with Crippen molar-refractivity contribution in [2.24, 2.45) is 5.73 Å². The molecule has 0 saturated heterocycles. The maximum absolute atomic E-state index is 5.69. The molecule has 0 aromatic heterocycles. The molecule has 0 saturated carbocycles. The van der Waals surface area contributed by atoms with Crippen LogP contribution in [-0.4, -0.2) is 6.79 Å². The molecular weight excluding hydrogens is 178 g/mol. The van der Waals surface area contributed by atoms with Gasteiger partial charge in [0.05, 0.1) is 0 Å². The Hall–Kier alpha value is -1.22. The predicted molar refractivity (Wildman–Crippen MR) is 54.5 cm³/mol. The SMILES string of the molecule is CC(C)c1cc2c(cc1CN)OCO2. The van der Waals surface area contributed by atoms with Crippen molar-refractivity contribution in [1.82, 2.24) is 0 Å². The molecule has 3 nitrogen and oxygen atoms in total. The molecule has 1 aromatic carbocycles. The Morgan fingerprint density at radius 1 is 1.29 bits per heavy atom. The van der Waals surface area contributed by atoms with Gasteiger partial charge in [-0.15, -0.1) is 0 Å². The van der Waals surface area contributed by atoms with E-state index in [1.165, 1.54) is 5.56 Å². The Balaban J connectivity index is 2.49. The van der Waals surface area contributed by atoms with Crippen molar-refractivity contribution in [2.75, 3.05) is 6.79 Å². The Labute approximate surface area is 83.8 Å². The van der Waals surface area contributed by atoms with E-state index < -0.39 is 0 Å². The first-order valence-electron chi connectivity index (χ1n) is 4.85. The van der Waals surface area contributed by atoms with Gasteiger partial charge in [0.25, 0.3) is 0 Å². The molecule has 14 heavy (non-hydrogen) atoms. The number of ether oxygens (including phenoxy) is 2. The molecule has 0 radical (unpaired) electrons. The Morgan fingerprint density at radius 2 is 1.93 bits per heavy atom. The molecule has 0 aliphatic carbocycles. The van der Waals surface area contributed by atoms with E-state index in [0.29, 0.717) is 19.3 Å². The molecule has 1 aliphatic heterocycles. The van der Waals surface area contributed by atoms with Gasteiger partial charge in [0.1, 0.15) is 0 Å². The summed E-state index contributed by atoms with van der Waals surface area (Å²) in [5.41, 5.74) is 8.08. The van der Waals surface area contributed by atoms with Crippen LogP contribution >= 0.6 is 0 Å². The van der Waals surface area contributed by atoms with Gasteiger partial charge in [-0.3, -0.25) is 0 Å². The number of benzene rings is 1. The highest BCUT2D eigenvalue weighted by Gasteiger charge is 2.17. The second-order valence-electron chi connectivity index (χ2n) is 3.76. The van der Waals surface area contributed by atoms with Gasteiger partial charge >= 0.3 is 0 Å². The van der Waals surface area contributed by atoms with Crippen molar-refractivity contribution in [2.45, 2.75) is 26.3 Å². The fourth-order valence-electron chi connectivity index (χ4n) is 1.71. The van der Waals surface area contributed by atoms with Crippen molar-refractivity contribution < 1.29 is 9.47 Å². The van der Waals surface area contributed by atoms with Gasteiger partial charge in [0.2, 0.25) is 6.79 Å². The van der Waals surface area contributed by atoms with E-state index in [1.807, 2.05) is 12.1 Å². The molecule has 0 fully saturated rings. The lowest BCUT2D eigenvalue weighted by Crippen LogP contribution is -2.02. The molecule has 76 valence electrons. The summed E-state index contributed by atoms with van der Waals surface area (Å²) in [4.78, 5) is 0. The average Bonchev–Trinajstić information content (AvgIpc) is 2.62. The Kier molecular flexibility index (Phi) is 2.33. The van der Waals surface area contributed by atoms with Crippen molar-refractivity contribution >= 4 is 0 Å². The van der Waals surface area contributed by atoms with Crippen LogP contribution in [0.3, 0.4) is 0 Å². The minimum Gasteiger partial charge on any atom is -0.454 e. The highest BCUT2D eigenvalue weighted by atomic mass is 16.7. The standard InChI is InChI=1S/C11H15NO2/c1-7(2)9-4-11-10(13-6-14-11)3-8(9)5-12/h3-4,7H,5-6,12H2,1-2H3. The van der Waals surface area contributed by atoms with E-state index in [1.54, 1.807) is 0 Å². The summed E-state index contributed by atoms with van der Waals surface area (Å²) in [6, 6.07) is 4.02. The highest BCUT2D eigenvalue weighted by Crippen LogP contribution is 2.36. The monoisotopic (exact) mass is 193 g/mol. The Morgan fingerprint density at radius 3 is 2.50 bits per heavy atom. The van der Waals surface area contributed by atoms with Crippen LogP contribution < -0.4 is 15.2 Å². The summed E-state index contributed by atoms with van der Waals surface area (Å²) in [7, 11) is 0. The van der Waals surface area contributed by atoms with Crippen LogP contribution in [-0.2, 0) is 6.54 Å². The number of rotatable bonds is 2. The summed E-state index contributed by atoms with van der Waals surface area (Å²) >= 11 is 0. The van der Waals surface area contributed by atoms with E-state index in [9.17, 15) is 0 Å². The number of hydrogen-bond acceptors (Lipinski definition) is 3. The van der Waals surface area contributed by atoms with Gasteiger partial charge in [0.15, 0.2) is 11.5 Å². The maximum atomic E-state index is 5.69. The lowest BCUT2D eigenvalue weighted by molar-refractivity contribution is 0.174. The van der Waals surface area contributed by atoms with Crippen LogP contribution in [0, 0.1) is 0 Å². The lowest BCUT2D eigenvalue weighted by atomic mass is 9.96. The largest absolute Gasteiger partial charge is 0.454 e. The first kappa shape index (κ1) is 9.34. The van der Waals surface area contributed by atoms with Gasteiger partial charge < -0.3 is 15.2 Å². The molecule has 0 unspecified atom stereocenters. The maximum Gasteiger partial charge on any atom is 0.231 e. The second kappa shape index (κ2) is 3.50. The smallest absolute Gasteiger partial charge is 0.231 e. The van der Waals surface area contributed by atoms with Gasteiger partial charge in [-0.1, -0.05) is 13.8 Å². The molecule has 0 atom stereocenters. The zero-order valence-electron chi connectivity index (χ0n) is 8.54. The molecule has 3 heteroatoms. The van der Waals surface area contributed by atoms with Gasteiger partial charge in [0, 0.05) is 6.54 Å². The summed E-state index contributed by atoms with van der Waals surface area (Å²) in [5.74, 6) is 2.11. The van der Waals surface area contributed by atoms with Crippen molar-refractivity contribution in [3.8, 4) is 11.5 Å². The van der Waals surface area contributed by atoms with Crippen LogP contribution in [0.5, 0.6) is 11.5 Å². The van der Waals surface area contributed by atoms with Crippen LogP contribution in [0.2, 0.25) is 0 Å². The number of nitrogens with two attached hydrogens (primary N) is 1. The molecule has 0 bridgehead atoms. The minimum atomic E-state index is 0.320. The van der Waals surface area contributed by atoms with E-state index >= 15 is 0 Å². The molecule has 1 aliphatic rings. The van der Waals surface area contributed by atoms with Gasteiger partial charge in [-0.2, -0.15) is 0 Å². The molecule has 1 aromatic rings. The number of hydrogen-bond donors (Lipinski definition) is 1. The average molecular weight is 193 g/mol. The van der Waals surface area contributed by atoms with Gasteiger partial charge in [-0.25, -0.2) is 0 Å². The zero-order chi connectivity index (χ0) is 10.1. The molecule has 1 heterocycles.